The van der Waals surface area contributed by atoms with Crippen LogP contribution in [0.15, 0.2) is 24.3 Å². The van der Waals surface area contributed by atoms with Gasteiger partial charge in [0.25, 0.3) is 0 Å². The number of thioether (sulfide) groups is 1. The Morgan fingerprint density at radius 1 is 1.29 bits per heavy atom. The lowest BCUT2D eigenvalue weighted by Gasteiger charge is -2.04. The van der Waals surface area contributed by atoms with Crippen LogP contribution in [0, 0.1) is 0 Å². The maximum atomic E-state index is 11.8. The minimum atomic E-state index is 0.147. The Hall–Kier alpha value is -1.00. The molecule has 0 saturated heterocycles. The number of hydrogen-bond acceptors (Lipinski definition) is 4. The standard InChI is InChI=1S/C13H18O3S/c1-3-16-12-6-4-11(5-7-12)13(14)10-17-9-8-15-2/h4-7H,3,8-10H2,1-2H3. The van der Waals surface area contributed by atoms with Gasteiger partial charge in [0.1, 0.15) is 5.75 Å². The van der Waals surface area contributed by atoms with Gasteiger partial charge >= 0.3 is 0 Å². The lowest BCUT2D eigenvalue weighted by molar-refractivity contribution is 0.102. The Morgan fingerprint density at radius 3 is 2.59 bits per heavy atom. The minimum absolute atomic E-state index is 0.147. The van der Waals surface area contributed by atoms with Crippen molar-refractivity contribution in [2.24, 2.45) is 0 Å². The van der Waals surface area contributed by atoms with Gasteiger partial charge in [-0.3, -0.25) is 4.79 Å². The maximum absolute atomic E-state index is 11.8. The van der Waals surface area contributed by atoms with Crippen molar-refractivity contribution in [3.8, 4) is 5.75 Å². The third-order valence-corrected chi connectivity index (χ3v) is 3.07. The molecule has 0 N–H and O–H groups in total. The van der Waals surface area contributed by atoms with Crippen LogP contribution in [0.4, 0.5) is 0 Å². The highest BCUT2D eigenvalue weighted by molar-refractivity contribution is 8.00. The van der Waals surface area contributed by atoms with Crippen LogP contribution in [0.5, 0.6) is 5.75 Å². The van der Waals surface area contributed by atoms with Gasteiger partial charge in [-0.05, 0) is 31.2 Å². The van der Waals surface area contributed by atoms with E-state index < -0.39 is 0 Å². The van der Waals surface area contributed by atoms with E-state index in [4.69, 9.17) is 9.47 Å². The van der Waals surface area contributed by atoms with Crippen LogP contribution in [-0.2, 0) is 4.74 Å². The fraction of sp³-hybridized carbons (Fsp3) is 0.462. The normalized spacial score (nSPS) is 10.2. The number of methoxy groups -OCH3 is 1. The summed E-state index contributed by atoms with van der Waals surface area (Å²) in [6, 6.07) is 7.28. The van der Waals surface area contributed by atoms with E-state index in [1.165, 1.54) is 0 Å². The summed E-state index contributed by atoms with van der Waals surface area (Å²) < 4.78 is 10.2. The van der Waals surface area contributed by atoms with Crippen LogP contribution in [-0.4, -0.2) is 37.6 Å². The fourth-order valence-corrected chi connectivity index (χ4v) is 2.08. The number of Topliss-reactive ketones (excluding diaryl/α,β-unsaturated/α-hetero) is 1. The van der Waals surface area contributed by atoms with Crippen LogP contribution in [0.1, 0.15) is 17.3 Å². The summed E-state index contributed by atoms with van der Waals surface area (Å²) >= 11 is 1.59. The van der Waals surface area contributed by atoms with Crippen LogP contribution in [0.25, 0.3) is 0 Å². The van der Waals surface area contributed by atoms with E-state index in [1.54, 1.807) is 18.9 Å². The van der Waals surface area contributed by atoms with Crippen LogP contribution >= 0.6 is 11.8 Å². The summed E-state index contributed by atoms with van der Waals surface area (Å²) in [5.74, 6) is 2.29. The zero-order valence-electron chi connectivity index (χ0n) is 10.3. The topological polar surface area (TPSA) is 35.5 Å². The van der Waals surface area contributed by atoms with Crippen molar-refractivity contribution in [3.63, 3.8) is 0 Å². The van der Waals surface area contributed by atoms with Crippen LogP contribution < -0.4 is 4.74 Å². The summed E-state index contributed by atoms with van der Waals surface area (Å²) in [5.41, 5.74) is 0.735. The number of rotatable bonds is 8. The van der Waals surface area contributed by atoms with Crippen molar-refractivity contribution in [2.45, 2.75) is 6.92 Å². The van der Waals surface area contributed by atoms with E-state index in [0.717, 1.165) is 17.1 Å². The third-order valence-electron chi connectivity index (χ3n) is 2.15. The Bertz CT molecular complexity index is 335. The van der Waals surface area contributed by atoms with Crippen LogP contribution in [0.2, 0.25) is 0 Å². The zero-order chi connectivity index (χ0) is 12.5. The first-order valence-electron chi connectivity index (χ1n) is 5.60. The van der Waals surface area contributed by atoms with E-state index in [0.29, 0.717) is 19.0 Å². The molecule has 1 rings (SSSR count). The number of hydrogen-bond donors (Lipinski definition) is 0. The Labute approximate surface area is 106 Å². The summed E-state index contributed by atoms with van der Waals surface area (Å²) in [5, 5.41) is 0. The number of benzene rings is 1. The Kier molecular flexibility index (Phi) is 6.74. The average molecular weight is 254 g/mol. The molecule has 1 aromatic rings. The molecule has 0 saturated carbocycles. The molecule has 3 nitrogen and oxygen atoms in total. The summed E-state index contributed by atoms with van der Waals surface area (Å²) in [4.78, 5) is 11.8. The predicted octanol–water partition coefficient (Wildman–Crippen LogP) is 2.65. The number of ether oxygens (including phenoxy) is 2. The van der Waals surface area contributed by atoms with Crippen LogP contribution in [0.3, 0.4) is 0 Å². The number of carbonyl (C=O) groups is 1. The minimum Gasteiger partial charge on any atom is -0.494 e. The van der Waals surface area contributed by atoms with E-state index in [9.17, 15) is 4.79 Å². The van der Waals surface area contributed by atoms with Crippen molar-refractivity contribution < 1.29 is 14.3 Å². The second kappa shape index (κ2) is 8.14. The third kappa shape index (κ3) is 5.24. The predicted molar refractivity (Wildman–Crippen MR) is 71.1 cm³/mol. The van der Waals surface area contributed by atoms with Gasteiger partial charge < -0.3 is 9.47 Å². The van der Waals surface area contributed by atoms with Crippen molar-refractivity contribution in [2.75, 3.05) is 31.8 Å². The second-order valence-corrected chi connectivity index (χ2v) is 4.53. The second-order valence-electron chi connectivity index (χ2n) is 3.43. The summed E-state index contributed by atoms with van der Waals surface area (Å²) in [6.07, 6.45) is 0. The lowest BCUT2D eigenvalue weighted by atomic mass is 10.1. The number of carbonyl (C=O) groups excluding carboxylic acids is 1. The quantitative estimate of drug-likeness (QED) is 0.528. The molecule has 17 heavy (non-hydrogen) atoms. The van der Waals surface area contributed by atoms with Crippen molar-refractivity contribution >= 4 is 17.5 Å². The summed E-state index contributed by atoms with van der Waals surface area (Å²) in [6.45, 7) is 3.26. The van der Waals surface area contributed by atoms with E-state index in [-0.39, 0.29) is 5.78 Å². The molecule has 0 aliphatic carbocycles. The van der Waals surface area contributed by atoms with Gasteiger partial charge in [0.15, 0.2) is 5.78 Å². The fourth-order valence-electron chi connectivity index (χ4n) is 1.29. The molecular formula is C13H18O3S. The molecule has 0 amide bonds. The molecule has 94 valence electrons. The van der Waals surface area contributed by atoms with Crippen molar-refractivity contribution in [1.29, 1.82) is 0 Å². The van der Waals surface area contributed by atoms with Gasteiger partial charge in [-0.15, -0.1) is 0 Å². The number of ketones is 1. The monoisotopic (exact) mass is 254 g/mol. The van der Waals surface area contributed by atoms with Gasteiger partial charge in [0.2, 0.25) is 0 Å². The van der Waals surface area contributed by atoms with E-state index >= 15 is 0 Å². The molecule has 0 atom stereocenters. The Balaban J connectivity index is 2.40. The largest absolute Gasteiger partial charge is 0.494 e. The molecule has 0 aliphatic heterocycles. The van der Waals surface area contributed by atoms with Gasteiger partial charge in [-0.2, -0.15) is 11.8 Å². The van der Waals surface area contributed by atoms with Gasteiger partial charge in [0.05, 0.1) is 19.0 Å². The van der Waals surface area contributed by atoms with Gasteiger partial charge in [-0.25, -0.2) is 0 Å². The summed E-state index contributed by atoms with van der Waals surface area (Å²) in [7, 11) is 1.66. The Morgan fingerprint density at radius 2 is 2.00 bits per heavy atom. The maximum Gasteiger partial charge on any atom is 0.172 e. The molecule has 0 spiro atoms. The smallest absolute Gasteiger partial charge is 0.172 e. The molecule has 0 bridgehead atoms. The molecule has 0 radical (unpaired) electrons. The molecule has 1 aromatic carbocycles. The van der Waals surface area contributed by atoms with E-state index in [1.807, 2.05) is 31.2 Å². The zero-order valence-corrected chi connectivity index (χ0v) is 11.1. The average Bonchev–Trinajstić information content (AvgIpc) is 2.36. The van der Waals surface area contributed by atoms with Crippen molar-refractivity contribution in [1.82, 2.24) is 0 Å². The molecular weight excluding hydrogens is 236 g/mol. The highest BCUT2D eigenvalue weighted by Crippen LogP contribution is 2.14. The molecule has 0 aliphatic rings. The first-order valence-corrected chi connectivity index (χ1v) is 6.76. The lowest BCUT2D eigenvalue weighted by Crippen LogP contribution is -2.04. The molecule has 0 unspecified atom stereocenters. The molecule has 0 aromatic heterocycles. The van der Waals surface area contributed by atoms with E-state index in [2.05, 4.69) is 0 Å². The highest BCUT2D eigenvalue weighted by atomic mass is 32.2. The van der Waals surface area contributed by atoms with Crippen molar-refractivity contribution in [3.05, 3.63) is 29.8 Å². The first-order chi connectivity index (χ1) is 8.27. The first kappa shape index (κ1) is 14.1. The SMILES string of the molecule is CCOc1ccc(C(=O)CSCCOC)cc1. The van der Waals surface area contributed by atoms with Gasteiger partial charge in [-0.1, -0.05) is 0 Å². The van der Waals surface area contributed by atoms with Gasteiger partial charge in [0, 0.05) is 18.4 Å². The molecule has 4 heteroatoms. The molecule has 0 fully saturated rings. The molecule has 0 heterocycles. The highest BCUT2D eigenvalue weighted by Gasteiger charge is 2.05.